The smallest absolute Gasteiger partial charge is 0.0667 e. The van der Waals surface area contributed by atoms with Crippen LogP contribution in [0.25, 0.3) is 0 Å². The summed E-state index contributed by atoms with van der Waals surface area (Å²) in [5.41, 5.74) is 0. The van der Waals surface area contributed by atoms with Crippen LogP contribution in [-0.2, 0) is 0 Å². The van der Waals surface area contributed by atoms with Crippen LogP contribution in [0.2, 0.25) is 0 Å². The van der Waals surface area contributed by atoms with Crippen LogP contribution in [0.15, 0.2) is 0 Å². The van der Waals surface area contributed by atoms with Gasteiger partial charge < -0.3 is 15.3 Å². The van der Waals surface area contributed by atoms with Crippen LogP contribution in [0.1, 0.15) is 46.0 Å². The molecule has 0 amide bonds. The van der Waals surface area contributed by atoms with Crippen molar-refractivity contribution in [3.63, 3.8) is 0 Å². The van der Waals surface area contributed by atoms with Crippen LogP contribution < -0.4 is 5.32 Å². The average molecular weight is 228 g/mol. The molecule has 16 heavy (non-hydrogen) atoms. The highest BCUT2D eigenvalue weighted by atomic mass is 16.3. The predicted octanol–water partition coefficient (Wildman–Crippen LogP) is 1.61. The highest BCUT2D eigenvalue weighted by Crippen LogP contribution is 2.09. The van der Waals surface area contributed by atoms with Crippen molar-refractivity contribution in [1.29, 1.82) is 0 Å². The van der Waals surface area contributed by atoms with Gasteiger partial charge in [0.1, 0.15) is 0 Å². The molecule has 0 saturated carbocycles. The third-order valence-electron chi connectivity index (χ3n) is 3.55. The lowest BCUT2D eigenvalue weighted by molar-refractivity contribution is 0.0700. The van der Waals surface area contributed by atoms with Gasteiger partial charge in [-0.15, -0.1) is 0 Å². The number of likely N-dealkylation sites (tertiary alicyclic amines) is 1. The minimum Gasteiger partial charge on any atom is -0.392 e. The quantitative estimate of drug-likeness (QED) is 0.650. The number of β-amino-alcohol motifs (C(OH)–C–C–N with tert-alkyl or cyclic N) is 1. The first-order chi connectivity index (χ1) is 7.76. The Labute approximate surface area is 100 Å². The van der Waals surface area contributed by atoms with E-state index in [0.29, 0.717) is 6.04 Å². The zero-order valence-electron chi connectivity index (χ0n) is 10.9. The third kappa shape index (κ3) is 5.28. The molecular formula is C13H28N2O. The van der Waals surface area contributed by atoms with Gasteiger partial charge in [0.25, 0.3) is 0 Å². The van der Waals surface area contributed by atoms with Crippen LogP contribution in [-0.4, -0.2) is 48.3 Å². The second kappa shape index (κ2) is 8.04. The molecule has 0 aromatic heterocycles. The molecule has 0 radical (unpaired) electrons. The molecule has 1 aliphatic rings. The van der Waals surface area contributed by atoms with Crippen LogP contribution >= 0.6 is 0 Å². The third-order valence-corrected chi connectivity index (χ3v) is 3.55. The Morgan fingerprint density at radius 1 is 1.38 bits per heavy atom. The number of rotatable bonds is 7. The molecule has 0 spiro atoms. The van der Waals surface area contributed by atoms with Crippen molar-refractivity contribution in [3.05, 3.63) is 0 Å². The molecule has 1 atom stereocenters. The maximum atomic E-state index is 9.54. The number of nitrogens with one attached hydrogen (secondary N) is 1. The normalized spacial score (nSPS) is 22.9. The van der Waals surface area contributed by atoms with Crippen molar-refractivity contribution in [2.75, 3.05) is 26.2 Å². The van der Waals surface area contributed by atoms with Gasteiger partial charge in [0.15, 0.2) is 0 Å². The van der Waals surface area contributed by atoms with Crippen molar-refractivity contribution in [1.82, 2.24) is 10.2 Å². The number of aliphatic hydroxyl groups excluding tert-OH is 1. The second-order valence-electron chi connectivity index (χ2n) is 4.92. The first-order valence-corrected chi connectivity index (χ1v) is 6.90. The van der Waals surface area contributed by atoms with Crippen LogP contribution in [0.3, 0.4) is 0 Å². The zero-order chi connectivity index (χ0) is 11.8. The molecule has 3 heteroatoms. The summed E-state index contributed by atoms with van der Waals surface area (Å²) < 4.78 is 0. The summed E-state index contributed by atoms with van der Waals surface area (Å²) >= 11 is 0. The lowest BCUT2D eigenvalue weighted by atomic mass is 10.1. The molecule has 96 valence electrons. The van der Waals surface area contributed by atoms with E-state index in [-0.39, 0.29) is 6.10 Å². The van der Waals surface area contributed by atoms with Gasteiger partial charge in [-0.05, 0) is 51.7 Å². The van der Waals surface area contributed by atoms with E-state index in [4.69, 9.17) is 0 Å². The SMILES string of the molecule is CCC(CC)NCCCN1CCCC(O)C1. The lowest BCUT2D eigenvalue weighted by Gasteiger charge is -2.30. The lowest BCUT2D eigenvalue weighted by Crippen LogP contribution is -2.40. The topological polar surface area (TPSA) is 35.5 Å². The second-order valence-corrected chi connectivity index (χ2v) is 4.92. The standard InChI is InChI=1S/C13H28N2O/c1-3-12(4-2)14-8-6-10-15-9-5-7-13(16)11-15/h12-14,16H,3-11H2,1-2H3. The first kappa shape index (κ1) is 13.9. The zero-order valence-corrected chi connectivity index (χ0v) is 10.9. The van der Waals surface area contributed by atoms with E-state index in [1.54, 1.807) is 0 Å². The fourth-order valence-corrected chi connectivity index (χ4v) is 2.42. The van der Waals surface area contributed by atoms with Gasteiger partial charge in [-0.3, -0.25) is 0 Å². The Bertz CT molecular complexity index is 171. The maximum Gasteiger partial charge on any atom is 0.0667 e. The molecule has 1 heterocycles. The number of hydrogen-bond donors (Lipinski definition) is 2. The molecule has 1 unspecified atom stereocenters. The first-order valence-electron chi connectivity index (χ1n) is 6.90. The molecule has 1 fully saturated rings. The molecule has 0 aromatic rings. The van der Waals surface area contributed by atoms with Crippen molar-refractivity contribution in [3.8, 4) is 0 Å². The molecule has 0 aromatic carbocycles. The summed E-state index contributed by atoms with van der Waals surface area (Å²) in [4.78, 5) is 2.39. The number of piperidine rings is 1. The fraction of sp³-hybridized carbons (Fsp3) is 1.00. The van der Waals surface area contributed by atoms with Gasteiger partial charge in [-0.25, -0.2) is 0 Å². The van der Waals surface area contributed by atoms with Gasteiger partial charge in [0.05, 0.1) is 6.10 Å². The van der Waals surface area contributed by atoms with Crippen LogP contribution in [0.5, 0.6) is 0 Å². The van der Waals surface area contributed by atoms with E-state index >= 15 is 0 Å². The molecule has 1 rings (SSSR count). The molecule has 1 saturated heterocycles. The Kier molecular flexibility index (Phi) is 7.01. The Morgan fingerprint density at radius 2 is 2.12 bits per heavy atom. The van der Waals surface area contributed by atoms with Gasteiger partial charge in [0.2, 0.25) is 0 Å². The summed E-state index contributed by atoms with van der Waals surface area (Å²) in [5.74, 6) is 0. The number of nitrogens with zero attached hydrogens (tertiary/aromatic N) is 1. The van der Waals surface area contributed by atoms with E-state index in [9.17, 15) is 5.11 Å². The predicted molar refractivity (Wildman–Crippen MR) is 68.7 cm³/mol. The van der Waals surface area contributed by atoms with Gasteiger partial charge in [-0.1, -0.05) is 13.8 Å². The fourth-order valence-electron chi connectivity index (χ4n) is 2.42. The summed E-state index contributed by atoms with van der Waals surface area (Å²) in [5, 5.41) is 13.1. The van der Waals surface area contributed by atoms with Gasteiger partial charge in [-0.2, -0.15) is 0 Å². The largest absolute Gasteiger partial charge is 0.392 e. The summed E-state index contributed by atoms with van der Waals surface area (Å²) in [6.07, 6.45) is 5.70. The van der Waals surface area contributed by atoms with E-state index in [0.717, 1.165) is 32.5 Å². The molecule has 0 aliphatic carbocycles. The van der Waals surface area contributed by atoms with E-state index in [1.165, 1.54) is 25.8 Å². The van der Waals surface area contributed by atoms with Crippen molar-refractivity contribution in [2.24, 2.45) is 0 Å². The molecule has 2 N–H and O–H groups in total. The van der Waals surface area contributed by atoms with Gasteiger partial charge in [0, 0.05) is 12.6 Å². The Morgan fingerprint density at radius 3 is 2.75 bits per heavy atom. The van der Waals surface area contributed by atoms with E-state index < -0.39 is 0 Å². The minimum atomic E-state index is -0.0826. The van der Waals surface area contributed by atoms with Crippen LogP contribution in [0, 0.1) is 0 Å². The van der Waals surface area contributed by atoms with Crippen LogP contribution in [0.4, 0.5) is 0 Å². The number of hydrogen-bond acceptors (Lipinski definition) is 3. The molecular weight excluding hydrogens is 200 g/mol. The highest BCUT2D eigenvalue weighted by molar-refractivity contribution is 4.72. The maximum absolute atomic E-state index is 9.54. The number of aliphatic hydroxyl groups is 1. The summed E-state index contributed by atoms with van der Waals surface area (Å²) in [6, 6.07) is 0.687. The van der Waals surface area contributed by atoms with Crippen molar-refractivity contribution in [2.45, 2.75) is 58.1 Å². The van der Waals surface area contributed by atoms with E-state index in [2.05, 4.69) is 24.1 Å². The highest BCUT2D eigenvalue weighted by Gasteiger charge is 2.16. The molecule has 0 bridgehead atoms. The molecule has 1 aliphatic heterocycles. The summed E-state index contributed by atoms with van der Waals surface area (Å²) in [7, 11) is 0. The van der Waals surface area contributed by atoms with Gasteiger partial charge >= 0.3 is 0 Å². The summed E-state index contributed by atoms with van der Waals surface area (Å²) in [6.45, 7) is 8.76. The Balaban J connectivity index is 2.02. The minimum absolute atomic E-state index is 0.0826. The Hall–Kier alpha value is -0.120. The van der Waals surface area contributed by atoms with E-state index in [1.807, 2.05) is 0 Å². The average Bonchev–Trinajstić information content (AvgIpc) is 2.29. The van der Waals surface area contributed by atoms with Crippen molar-refractivity contribution < 1.29 is 5.11 Å². The monoisotopic (exact) mass is 228 g/mol. The molecule has 3 nitrogen and oxygen atoms in total. The van der Waals surface area contributed by atoms with Crippen molar-refractivity contribution >= 4 is 0 Å².